The molecule has 0 aliphatic carbocycles. The zero-order valence-electron chi connectivity index (χ0n) is 13.7. The first kappa shape index (κ1) is 15.6. The average Bonchev–Trinajstić information content (AvgIpc) is 2.42. The standard InChI is InChI=1S/C19H25NO/c1-13(2)18-9-8-17(10-15(18)4)21-19-11-16(12-20-5)7-6-14(19)3/h6-11,13,20H,12H2,1-5H3. The zero-order chi connectivity index (χ0) is 15.4. The molecule has 2 nitrogen and oxygen atoms in total. The van der Waals surface area contributed by atoms with Crippen LogP contribution in [0.1, 0.15) is 42.0 Å². The van der Waals surface area contributed by atoms with Crippen LogP contribution in [-0.2, 0) is 6.54 Å². The first-order valence-corrected chi connectivity index (χ1v) is 7.53. The molecule has 0 unspecified atom stereocenters. The van der Waals surface area contributed by atoms with E-state index in [1.54, 1.807) is 0 Å². The van der Waals surface area contributed by atoms with E-state index in [-0.39, 0.29) is 0 Å². The first-order chi connectivity index (χ1) is 10.0. The maximum absolute atomic E-state index is 6.08. The van der Waals surface area contributed by atoms with Gasteiger partial charge in [0, 0.05) is 6.54 Å². The smallest absolute Gasteiger partial charge is 0.130 e. The van der Waals surface area contributed by atoms with Gasteiger partial charge in [-0.3, -0.25) is 0 Å². The van der Waals surface area contributed by atoms with Crippen molar-refractivity contribution >= 4 is 0 Å². The Balaban J connectivity index is 2.25. The minimum atomic E-state index is 0.541. The summed E-state index contributed by atoms with van der Waals surface area (Å²) in [4.78, 5) is 0. The van der Waals surface area contributed by atoms with Gasteiger partial charge in [-0.2, -0.15) is 0 Å². The van der Waals surface area contributed by atoms with Crippen LogP contribution in [0.2, 0.25) is 0 Å². The van der Waals surface area contributed by atoms with Crippen LogP contribution in [0.5, 0.6) is 11.5 Å². The van der Waals surface area contributed by atoms with Crippen molar-refractivity contribution in [2.24, 2.45) is 0 Å². The average molecular weight is 283 g/mol. The molecular weight excluding hydrogens is 258 g/mol. The summed E-state index contributed by atoms with van der Waals surface area (Å²) in [6, 6.07) is 12.7. The largest absolute Gasteiger partial charge is 0.457 e. The normalized spacial score (nSPS) is 11.0. The summed E-state index contributed by atoms with van der Waals surface area (Å²) in [5.41, 5.74) is 5.05. The second kappa shape index (κ2) is 6.77. The molecule has 0 amide bonds. The van der Waals surface area contributed by atoms with Crippen molar-refractivity contribution in [3.05, 3.63) is 58.7 Å². The van der Waals surface area contributed by atoms with E-state index in [9.17, 15) is 0 Å². The number of rotatable bonds is 5. The molecule has 0 spiro atoms. The second-order valence-electron chi connectivity index (χ2n) is 5.91. The van der Waals surface area contributed by atoms with E-state index in [4.69, 9.17) is 4.74 Å². The summed E-state index contributed by atoms with van der Waals surface area (Å²) < 4.78 is 6.08. The highest BCUT2D eigenvalue weighted by atomic mass is 16.5. The number of nitrogens with one attached hydrogen (secondary N) is 1. The molecule has 0 aliphatic rings. The van der Waals surface area contributed by atoms with Crippen molar-refractivity contribution in [2.75, 3.05) is 7.05 Å². The Hall–Kier alpha value is -1.80. The number of hydrogen-bond donors (Lipinski definition) is 1. The van der Waals surface area contributed by atoms with E-state index in [1.807, 2.05) is 7.05 Å². The van der Waals surface area contributed by atoms with Gasteiger partial charge in [0.15, 0.2) is 0 Å². The highest BCUT2D eigenvalue weighted by molar-refractivity contribution is 5.42. The minimum absolute atomic E-state index is 0.541. The quantitative estimate of drug-likeness (QED) is 0.839. The van der Waals surface area contributed by atoms with Crippen molar-refractivity contribution in [2.45, 2.75) is 40.2 Å². The molecule has 2 rings (SSSR count). The number of hydrogen-bond acceptors (Lipinski definition) is 2. The van der Waals surface area contributed by atoms with Gasteiger partial charge < -0.3 is 10.1 Å². The maximum atomic E-state index is 6.08. The molecule has 112 valence electrons. The summed E-state index contributed by atoms with van der Waals surface area (Å²) in [7, 11) is 1.95. The molecule has 0 bridgehead atoms. The number of aryl methyl sites for hydroxylation is 2. The van der Waals surface area contributed by atoms with Gasteiger partial charge in [0.05, 0.1) is 0 Å². The van der Waals surface area contributed by atoms with Crippen LogP contribution in [0.4, 0.5) is 0 Å². The van der Waals surface area contributed by atoms with Crippen LogP contribution in [0.3, 0.4) is 0 Å². The van der Waals surface area contributed by atoms with Gasteiger partial charge >= 0.3 is 0 Å². The predicted molar refractivity (Wildman–Crippen MR) is 89.3 cm³/mol. The third-order valence-electron chi connectivity index (χ3n) is 3.72. The highest BCUT2D eigenvalue weighted by Gasteiger charge is 2.07. The molecule has 0 saturated carbocycles. The fraction of sp³-hybridized carbons (Fsp3) is 0.368. The molecule has 2 heteroatoms. The zero-order valence-corrected chi connectivity index (χ0v) is 13.7. The van der Waals surface area contributed by atoms with Crippen molar-refractivity contribution < 1.29 is 4.74 Å². The fourth-order valence-corrected chi connectivity index (χ4v) is 2.55. The van der Waals surface area contributed by atoms with Crippen molar-refractivity contribution in [3.63, 3.8) is 0 Å². The molecule has 2 aromatic rings. The van der Waals surface area contributed by atoms with Crippen LogP contribution >= 0.6 is 0 Å². The highest BCUT2D eigenvalue weighted by Crippen LogP contribution is 2.29. The molecule has 0 aromatic heterocycles. The lowest BCUT2D eigenvalue weighted by Crippen LogP contribution is -2.05. The second-order valence-corrected chi connectivity index (χ2v) is 5.91. The summed E-state index contributed by atoms with van der Waals surface area (Å²) in [6.45, 7) is 9.50. The van der Waals surface area contributed by atoms with Gasteiger partial charge in [0.1, 0.15) is 11.5 Å². The van der Waals surface area contributed by atoms with Crippen LogP contribution < -0.4 is 10.1 Å². The first-order valence-electron chi connectivity index (χ1n) is 7.53. The van der Waals surface area contributed by atoms with E-state index >= 15 is 0 Å². The van der Waals surface area contributed by atoms with Gasteiger partial charge in [0.25, 0.3) is 0 Å². The van der Waals surface area contributed by atoms with Crippen LogP contribution in [0.15, 0.2) is 36.4 Å². The molecule has 0 atom stereocenters. The Bertz CT molecular complexity index is 617. The molecule has 0 radical (unpaired) electrons. The van der Waals surface area contributed by atoms with Crippen molar-refractivity contribution in [3.8, 4) is 11.5 Å². The Labute approximate surface area is 128 Å². The summed E-state index contributed by atoms with van der Waals surface area (Å²) in [5, 5.41) is 3.17. The molecule has 0 saturated heterocycles. The van der Waals surface area contributed by atoms with Crippen molar-refractivity contribution in [1.29, 1.82) is 0 Å². The van der Waals surface area contributed by atoms with E-state index in [0.29, 0.717) is 5.92 Å². The SMILES string of the molecule is CNCc1ccc(C)c(Oc2ccc(C(C)C)c(C)c2)c1. The van der Waals surface area contributed by atoms with E-state index in [2.05, 4.69) is 69.4 Å². The van der Waals surface area contributed by atoms with E-state index in [1.165, 1.54) is 16.7 Å². The molecule has 0 heterocycles. The van der Waals surface area contributed by atoms with Gasteiger partial charge in [-0.1, -0.05) is 32.0 Å². The number of benzene rings is 2. The Morgan fingerprint density at radius 3 is 2.38 bits per heavy atom. The van der Waals surface area contributed by atoms with E-state index in [0.717, 1.165) is 23.6 Å². The topological polar surface area (TPSA) is 21.3 Å². The van der Waals surface area contributed by atoms with Gasteiger partial charge in [0.2, 0.25) is 0 Å². The van der Waals surface area contributed by atoms with Crippen LogP contribution in [-0.4, -0.2) is 7.05 Å². The van der Waals surface area contributed by atoms with Gasteiger partial charge in [-0.25, -0.2) is 0 Å². The van der Waals surface area contributed by atoms with Crippen LogP contribution in [0.25, 0.3) is 0 Å². The lowest BCUT2D eigenvalue weighted by molar-refractivity contribution is 0.477. The molecule has 1 N–H and O–H groups in total. The monoisotopic (exact) mass is 283 g/mol. The maximum Gasteiger partial charge on any atom is 0.130 e. The minimum Gasteiger partial charge on any atom is -0.457 e. The van der Waals surface area contributed by atoms with Crippen LogP contribution in [0, 0.1) is 13.8 Å². The summed E-state index contributed by atoms with van der Waals surface area (Å²) in [5.74, 6) is 2.38. The molecule has 2 aromatic carbocycles. The molecule has 0 fully saturated rings. The lowest BCUT2D eigenvalue weighted by Gasteiger charge is -2.14. The van der Waals surface area contributed by atoms with E-state index < -0.39 is 0 Å². The molecule has 0 aliphatic heterocycles. The Morgan fingerprint density at radius 2 is 1.76 bits per heavy atom. The predicted octanol–water partition coefficient (Wildman–Crippen LogP) is 4.94. The number of ether oxygens (including phenoxy) is 1. The third kappa shape index (κ3) is 3.85. The molecule has 21 heavy (non-hydrogen) atoms. The van der Waals surface area contributed by atoms with Crippen molar-refractivity contribution in [1.82, 2.24) is 5.32 Å². The van der Waals surface area contributed by atoms with Gasteiger partial charge in [-0.05, 0) is 67.3 Å². The fourth-order valence-electron chi connectivity index (χ4n) is 2.55. The summed E-state index contributed by atoms with van der Waals surface area (Å²) >= 11 is 0. The van der Waals surface area contributed by atoms with Gasteiger partial charge in [-0.15, -0.1) is 0 Å². The molecular formula is C19H25NO. The Kier molecular flexibility index (Phi) is 5.03. The Morgan fingerprint density at radius 1 is 1.00 bits per heavy atom. The summed E-state index contributed by atoms with van der Waals surface area (Å²) in [6.07, 6.45) is 0. The third-order valence-corrected chi connectivity index (χ3v) is 3.72. The lowest BCUT2D eigenvalue weighted by atomic mass is 9.98.